The van der Waals surface area contributed by atoms with Crippen LogP contribution < -0.4 is 15.0 Å². The molecule has 4 aliphatic rings. The molecule has 208 valence electrons. The second-order valence-electron chi connectivity index (χ2n) is 11.0. The van der Waals surface area contributed by atoms with Gasteiger partial charge in [0, 0.05) is 33.4 Å². The zero-order valence-electron chi connectivity index (χ0n) is 22.8. The van der Waals surface area contributed by atoms with Crippen LogP contribution in [-0.2, 0) is 25.4 Å². The van der Waals surface area contributed by atoms with Gasteiger partial charge in [0.2, 0.25) is 5.91 Å². The normalized spacial score (nSPS) is 36.3. The monoisotopic (exact) mass is 548 g/mol. The summed E-state index contributed by atoms with van der Waals surface area (Å²) in [6, 6.07) is 3.75. The third-order valence-corrected chi connectivity index (χ3v) is 8.11. The minimum atomic E-state index is -1.69. The number of nitrogens with one attached hydrogen (secondary N) is 1. The fourth-order valence-electron chi connectivity index (χ4n) is 5.80. The van der Waals surface area contributed by atoms with E-state index in [2.05, 4.69) is 5.32 Å². The summed E-state index contributed by atoms with van der Waals surface area (Å²) in [7, 11) is 4.72. The van der Waals surface area contributed by atoms with Crippen LogP contribution in [0.5, 0.6) is 5.75 Å². The number of nitrogens with zero attached hydrogens (tertiary/aromatic N) is 1. The number of aliphatic hydroxyl groups is 1. The topological polar surface area (TPSA) is 107 Å². The highest BCUT2D eigenvalue weighted by atomic mass is 35.5. The lowest BCUT2D eigenvalue weighted by atomic mass is 9.73. The summed E-state index contributed by atoms with van der Waals surface area (Å²) in [5, 5.41) is 14.3. The molecule has 0 saturated carbocycles. The number of allylic oxidation sites excluding steroid dienone is 3. The Morgan fingerprint density at radius 1 is 1.24 bits per heavy atom. The van der Waals surface area contributed by atoms with Gasteiger partial charge in [0.1, 0.15) is 28.6 Å². The van der Waals surface area contributed by atoms with Crippen LogP contribution >= 0.6 is 11.6 Å². The van der Waals surface area contributed by atoms with Gasteiger partial charge in [-0.2, -0.15) is 0 Å². The molecule has 1 aromatic rings. The van der Waals surface area contributed by atoms with E-state index in [4.69, 9.17) is 30.5 Å². The van der Waals surface area contributed by atoms with Gasteiger partial charge in [0.05, 0.1) is 18.4 Å². The smallest absolute Gasteiger partial charge is 0.409 e. The highest BCUT2D eigenvalue weighted by Gasteiger charge is 2.59. The predicted molar refractivity (Wildman–Crippen MR) is 144 cm³/mol. The van der Waals surface area contributed by atoms with Crippen LogP contribution in [0.2, 0.25) is 5.02 Å². The lowest BCUT2D eigenvalue weighted by Gasteiger charge is -2.57. The minimum Gasteiger partial charge on any atom is -0.495 e. The fraction of sp³-hybridized carbons (Fsp3) is 0.571. The number of fused-ring (bicyclic) bond motifs is 6. The van der Waals surface area contributed by atoms with Gasteiger partial charge in [-0.05, 0) is 51.3 Å². The molecular weight excluding hydrogens is 512 g/mol. The molecule has 2 unspecified atom stereocenters. The number of hydrogen-bond donors (Lipinski definition) is 2. The van der Waals surface area contributed by atoms with Crippen LogP contribution in [0.3, 0.4) is 0 Å². The summed E-state index contributed by atoms with van der Waals surface area (Å²) in [4.78, 5) is 27.2. The number of methoxy groups -OCH3 is 2. The van der Waals surface area contributed by atoms with Crippen molar-refractivity contribution in [3.05, 3.63) is 46.5 Å². The van der Waals surface area contributed by atoms with Gasteiger partial charge in [-0.15, -0.1) is 0 Å². The molecule has 4 heterocycles. The molecule has 38 heavy (non-hydrogen) atoms. The van der Waals surface area contributed by atoms with Crippen LogP contribution in [0, 0.1) is 0 Å². The van der Waals surface area contributed by atoms with E-state index in [1.807, 2.05) is 39.0 Å². The third kappa shape index (κ3) is 5.57. The molecule has 5 rings (SSSR count). The second-order valence-corrected chi connectivity index (χ2v) is 11.4. The van der Waals surface area contributed by atoms with Crippen molar-refractivity contribution >= 4 is 29.3 Å². The SMILES string of the molecule is COc1cc2cc(c1Cl)N(C)C(=O)CC[C@@]1(C)CC(C)(O1)C1C[C@@](O)(NC(=O)O1)[C@H](OC)/C=C/C=C(\C)C2. The van der Waals surface area contributed by atoms with Crippen LogP contribution in [0.1, 0.15) is 52.0 Å². The van der Waals surface area contributed by atoms with Crippen molar-refractivity contribution in [2.45, 2.75) is 82.0 Å². The van der Waals surface area contributed by atoms with Crippen LogP contribution in [0.25, 0.3) is 0 Å². The first-order chi connectivity index (χ1) is 17.8. The third-order valence-electron chi connectivity index (χ3n) is 7.73. The quantitative estimate of drug-likeness (QED) is 0.568. The van der Waals surface area contributed by atoms with Crippen LogP contribution in [-0.4, -0.2) is 67.5 Å². The summed E-state index contributed by atoms with van der Waals surface area (Å²) < 4.78 is 23.0. The molecule has 4 aliphatic heterocycles. The molecular formula is C28H37ClN2O7. The fourth-order valence-corrected chi connectivity index (χ4v) is 6.11. The Morgan fingerprint density at radius 2 is 1.95 bits per heavy atom. The molecule has 2 amide bonds. The van der Waals surface area contributed by atoms with Gasteiger partial charge in [-0.1, -0.05) is 35.4 Å². The number of amides is 2. The number of anilines is 1. The molecule has 0 aromatic heterocycles. The Kier molecular flexibility index (Phi) is 7.87. The number of ether oxygens (including phenoxy) is 4. The Morgan fingerprint density at radius 3 is 2.61 bits per heavy atom. The summed E-state index contributed by atoms with van der Waals surface area (Å²) in [5.41, 5.74) is -0.589. The standard InChI is InChI=1S/C28H37ClN2O7/c1-17-8-7-9-21(36-6)28(34)15-22(37-25(33)30-28)27(3)16-26(2,38-27)11-10-23(32)31(4)19-13-18(12-17)14-20(35-5)24(19)29/h7-9,13-14,21-22,34H,10-12,15-16H2,1-6H3,(H,30,33)/b9-7+,17-8+/t21-,22?,26+,27?,28+/m1/s1. The summed E-state index contributed by atoms with van der Waals surface area (Å²) in [6.45, 7) is 5.76. The average Bonchev–Trinajstić information content (AvgIpc) is 2.83. The second kappa shape index (κ2) is 10.5. The highest BCUT2D eigenvalue weighted by molar-refractivity contribution is 6.35. The molecule has 9 nitrogen and oxygen atoms in total. The molecule has 2 saturated heterocycles. The number of halogens is 1. The molecule has 2 fully saturated rings. The Bertz CT molecular complexity index is 1160. The number of alkyl carbamates (subject to hydrolysis) is 1. The molecule has 1 aromatic carbocycles. The largest absolute Gasteiger partial charge is 0.495 e. The van der Waals surface area contributed by atoms with Crippen molar-refractivity contribution in [3.8, 4) is 5.75 Å². The number of carbonyl (C=O) groups is 2. The number of benzene rings is 1. The lowest BCUT2D eigenvalue weighted by molar-refractivity contribution is -0.305. The van der Waals surface area contributed by atoms with Crippen LogP contribution in [0.4, 0.5) is 10.5 Å². The molecule has 5 atom stereocenters. The molecule has 10 heteroatoms. The average molecular weight is 549 g/mol. The molecule has 2 N–H and O–H groups in total. The number of rotatable bonds is 2. The summed E-state index contributed by atoms with van der Waals surface area (Å²) in [6.07, 6.45) is 5.02. The Labute approximate surface area is 228 Å². The number of carbonyl (C=O) groups excluding carboxylic acids is 2. The summed E-state index contributed by atoms with van der Waals surface area (Å²) in [5.74, 6) is 0.381. The first-order valence-corrected chi connectivity index (χ1v) is 13.1. The lowest BCUT2D eigenvalue weighted by Crippen LogP contribution is -2.70. The van der Waals surface area contributed by atoms with Gasteiger partial charge in [0.15, 0.2) is 5.72 Å². The predicted octanol–water partition coefficient (Wildman–Crippen LogP) is 4.29. The minimum absolute atomic E-state index is 0.0721. The maximum Gasteiger partial charge on any atom is 0.409 e. The van der Waals surface area contributed by atoms with E-state index < -0.39 is 35.2 Å². The van der Waals surface area contributed by atoms with Gasteiger partial charge in [-0.3, -0.25) is 10.1 Å². The molecule has 0 radical (unpaired) electrons. The van der Waals surface area contributed by atoms with Crippen molar-refractivity contribution in [2.75, 3.05) is 26.2 Å². The van der Waals surface area contributed by atoms with Gasteiger partial charge < -0.3 is 29.0 Å². The van der Waals surface area contributed by atoms with Crippen molar-refractivity contribution in [1.29, 1.82) is 0 Å². The number of hydrogen-bond acceptors (Lipinski definition) is 7. The zero-order valence-corrected chi connectivity index (χ0v) is 23.6. The van der Waals surface area contributed by atoms with Crippen molar-refractivity contribution in [3.63, 3.8) is 0 Å². The first kappa shape index (κ1) is 28.4. The van der Waals surface area contributed by atoms with E-state index in [0.29, 0.717) is 35.7 Å². The zero-order chi connectivity index (χ0) is 27.9. The van der Waals surface area contributed by atoms with E-state index in [1.54, 1.807) is 31.2 Å². The van der Waals surface area contributed by atoms with Gasteiger partial charge in [-0.25, -0.2) is 4.79 Å². The molecule has 0 spiro atoms. The van der Waals surface area contributed by atoms with E-state index in [9.17, 15) is 14.7 Å². The van der Waals surface area contributed by atoms with E-state index >= 15 is 0 Å². The van der Waals surface area contributed by atoms with Crippen molar-refractivity contribution in [2.24, 2.45) is 0 Å². The summed E-state index contributed by atoms with van der Waals surface area (Å²) >= 11 is 6.60. The van der Waals surface area contributed by atoms with E-state index in [0.717, 1.165) is 11.1 Å². The Balaban J connectivity index is 1.72. The molecule has 0 aliphatic carbocycles. The van der Waals surface area contributed by atoms with E-state index in [-0.39, 0.29) is 18.7 Å². The maximum atomic E-state index is 13.2. The van der Waals surface area contributed by atoms with Gasteiger partial charge >= 0.3 is 6.09 Å². The molecule has 6 bridgehead atoms. The van der Waals surface area contributed by atoms with Crippen molar-refractivity contribution < 1.29 is 33.6 Å². The van der Waals surface area contributed by atoms with Crippen molar-refractivity contribution in [1.82, 2.24) is 5.32 Å². The Hall–Kier alpha value is -2.59. The maximum absolute atomic E-state index is 13.2. The van der Waals surface area contributed by atoms with E-state index in [1.165, 1.54) is 7.11 Å². The van der Waals surface area contributed by atoms with Gasteiger partial charge in [0.25, 0.3) is 0 Å². The highest BCUT2D eigenvalue weighted by Crippen LogP contribution is 2.49. The first-order valence-electron chi connectivity index (χ1n) is 12.7. The van der Waals surface area contributed by atoms with Crippen LogP contribution in [0.15, 0.2) is 35.9 Å².